The molecule has 11 nitrogen and oxygen atoms in total. The molecule has 0 radical (unpaired) electrons. The van der Waals surface area contributed by atoms with Gasteiger partial charge in [-0.2, -0.15) is 0 Å². The third-order valence-corrected chi connectivity index (χ3v) is 7.90. The normalized spacial score (nSPS) is 14.6. The van der Waals surface area contributed by atoms with Gasteiger partial charge in [0.15, 0.2) is 0 Å². The van der Waals surface area contributed by atoms with Crippen molar-refractivity contribution >= 4 is 29.8 Å². The SMILES string of the molecule is CCCC(NC(=O)/C(C)=C/CN(C)C(=O)C(NC(=O)C(N(C)C(=O)OC(C)(C)C)C(C)(C)c1ccccc1)C(C)(C)C)C(=O)OC(C)(C)C. The maximum atomic E-state index is 14.3. The van der Waals surface area contributed by atoms with Crippen molar-refractivity contribution in [3.05, 3.63) is 47.5 Å². The lowest BCUT2D eigenvalue weighted by Gasteiger charge is -2.42. The van der Waals surface area contributed by atoms with Crippen molar-refractivity contribution in [3.63, 3.8) is 0 Å². The molecule has 1 aromatic rings. The summed E-state index contributed by atoms with van der Waals surface area (Å²) < 4.78 is 11.1. The molecule has 1 aromatic carbocycles. The van der Waals surface area contributed by atoms with Crippen molar-refractivity contribution in [2.24, 2.45) is 5.41 Å². The molecule has 0 aliphatic carbocycles. The zero-order chi connectivity index (χ0) is 38.1. The lowest BCUT2D eigenvalue weighted by atomic mass is 9.76. The molecular formula is C38H62N4O7. The second kappa shape index (κ2) is 17.2. The number of likely N-dealkylation sites (N-methyl/N-ethyl adjacent to an activating group) is 2. The Hall–Kier alpha value is -3.89. The van der Waals surface area contributed by atoms with Crippen molar-refractivity contribution in [2.75, 3.05) is 20.6 Å². The van der Waals surface area contributed by atoms with Crippen molar-refractivity contribution < 1.29 is 33.4 Å². The Balaban J connectivity index is 3.31. The third-order valence-electron chi connectivity index (χ3n) is 7.90. The van der Waals surface area contributed by atoms with E-state index >= 15 is 0 Å². The summed E-state index contributed by atoms with van der Waals surface area (Å²) in [7, 11) is 3.11. The Kier molecular flexibility index (Phi) is 15.1. The number of amides is 4. The maximum Gasteiger partial charge on any atom is 0.410 e. The van der Waals surface area contributed by atoms with Crippen LogP contribution in [-0.4, -0.2) is 89.6 Å². The molecular weight excluding hydrogens is 624 g/mol. The van der Waals surface area contributed by atoms with E-state index in [1.54, 1.807) is 61.6 Å². The van der Waals surface area contributed by atoms with Gasteiger partial charge in [0.25, 0.3) is 0 Å². The minimum Gasteiger partial charge on any atom is -0.458 e. The molecule has 0 fully saturated rings. The Morgan fingerprint density at radius 2 is 1.35 bits per heavy atom. The van der Waals surface area contributed by atoms with Gasteiger partial charge in [0.1, 0.15) is 29.3 Å². The van der Waals surface area contributed by atoms with Crippen LogP contribution in [0.15, 0.2) is 42.0 Å². The fraction of sp³-hybridized carbons (Fsp3) is 0.658. The van der Waals surface area contributed by atoms with Gasteiger partial charge in [-0.25, -0.2) is 9.59 Å². The van der Waals surface area contributed by atoms with Gasteiger partial charge >= 0.3 is 12.1 Å². The molecule has 0 aliphatic heterocycles. The summed E-state index contributed by atoms with van der Waals surface area (Å²) in [4.78, 5) is 69.9. The van der Waals surface area contributed by atoms with Gasteiger partial charge in [0, 0.05) is 31.6 Å². The standard InChI is InChI=1S/C38H62N4O7/c1-16-20-27(33(46)48-36(6,7)8)39-30(43)25(2)23-24-41(14)32(45)28(35(3,4)5)40-31(44)29(42(15)34(47)49-37(9,10)11)38(12,13)26-21-18-17-19-22-26/h17-19,21-23,27-29H,16,20,24H2,1-15H3,(H,39,43)(H,40,44)/b25-23+. The molecule has 0 spiro atoms. The molecule has 4 amide bonds. The van der Waals surface area contributed by atoms with E-state index in [0.29, 0.717) is 18.4 Å². The molecule has 0 aromatic heterocycles. The van der Waals surface area contributed by atoms with Gasteiger partial charge in [0.2, 0.25) is 17.7 Å². The van der Waals surface area contributed by atoms with E-state index in [9.17, 15) is 24.0 Å². The van der Waals surface area contributed by atoms with E-state index in [1.165, 1.54) is 16.8 Å². The highest BCUT2D eigenvalue weighted by Crippen LogP contribution is 2.32. The first-order chi connectivity index (χ1) is 22.2. The number of ether oxygens (including phenoxy) is 2. The van der Waals surface area contributed by atoms with Crippen LogP contribution in [0, 0.1) is 5.41 Å². The van der Waals surface area contributed by atoms with E-state index in [2.05, 4.69) is 10.6 Å². The number of hydrogen-bond donors (Lipinski definition) is 2. The highest BCUT2D eigenvalue weighted by Gasteiger charge is 2.45. The average Bonchev–Trinajstić information content (AvgIpc) is 2.95. The summed E-state index contributed by atoms with van der Waals surface area (Å²) in [6.07, 6.45) is 2.02. The molecule has 0 aliphatic rings. The number of benzene rings is 1. The molecule has 1 rings (SSSR count). The number of esters is 1. The van der Waals surface area contributed by atoms with Crippen LogP contribution in [-0.2, 0) is 34.1 Å². The van der Waals surface area contributed by atoms with Crippen molar-refractivity contribution in [1.82, 2.24) is 20.4 Å². The number of carbonyl (C=O) groups is 5. The number of rotatable bonds is 13. The maximum absolute atomic E-state index is 14.3. The van der Waals surface area contributed by atoms with Crippen molar-refractivity contribution in [1.29, 1.82) is 0 Å². The molecule has 0 bridgehead atoms. The topological polar surface area (TPSA) is 134 Å². The fourth-order valence-electron chi connectivity index (χ4n) is 5.18. The molecule has 2 N–H and O–H groups in total. The predicted octanol–water partition coefficient (Wildman–Crippen LogP) is 5.76. The summed E-state index contributed by atoms with van der Waals surface area (Å²) in [6, 6.07) is 6.58. The average molecular weight is 687 g/mol. The number of nitrogens with one attached hydrogen (secondary N) is 2. The molecule has 49 heavy (non-hydrogen) atoms. The van der Waals surface area contributed by atoms with Crippen LogP contribution in [0.25, 0.3) is 0 Å². The first-order valence-corrected chi connectivity index (χ1v) is 17.0. The van der Waals surface area contributed by atoms with Crippen LogP contribution < -0.4 is 10.6 Å². The Morgan fingerprint density at radius 1 is 0.816 bits per heavy atom. The lowest BCUT2D eigenvalue weighted by Crippen LogP contribution is -2.62. The minimum absolute atomic E-state index is 0.0716. The first-order valence-electron chi connectivity index (χ1n) is 17.0. The fourth-order valence-corrected chi connectivity index (χ4v) is 5.18. The van der Waals surface area contributed by atoms with Gasteiger partial charge in [-0.3, -0.25) is 19.3 Å². The van der Waals surface area contributed by atoms with Gasteiger partial charge < -0.3 is 25.0 Å². The monoisotopic (exact) mass is 686 g/mol. The van der Waals surface area contributed by atoms with E-state index < -0.39 is 64.0 Å². The highest BCUT2D eigenvalue weighted by molar-refractivity contribution is 5.96. The van der Waals surface area contributed by atoms with Crippen LogP contribution in [0.3, 0.4) is 0 Å². The Labute approximate surface area is 294 Å². The van der Waals surface area contributed by atoms with Crippen LogP contribution >= 0.6 is 0 Å². The number of carbonyl (C=O) groups excluding carboxylic acids is 5. The van der Waals surface area contributed by atoms with E-state index in [4.69, 9.17) is 9.47 Å². The summed E-state index contributed by atoms with van der Waals surface area (Å²) in [5, 5.41) is 5.72. The quantitative estimate of drug-likeness (QED) is 0.199. The van der Waals surface area contributed by atoms with E-state index in [1.807, 2.05) is 71.9 Å². The number of hydrogen-bond acceptors (Lipinski definition) is 7. The zero-order valence-corrected chi connectivity index (χ0v) is 32.6. The van der Waals surface area contributed by atoms with Gasteiger partial charge in [-0.05, 0) is 65.9 Å². The van der Waals surface area contributed by atoms with Crippen molar-refractivity contribution in [3.8, 4) is 0 Å². The first kappa shape index (κ1) is 43.1. The van der Waals surface area contributed by atoms with Gasteiger partial charge in [-0.1, -0.05) is 84.4 Å². The molecule has 276 valence electrons. The molecule has 11 heteroatoms. The molecule has 0 saturated heterocycles. The molecule has 3 atom stereocenters. The predicted molar refractivity (Wildman–Crippen MR) is 193 cm³/mol. The van der Waals surface area contributed by atoms with Crippen LogP contribution in [0.2, 0.25) is 0 Å². The summed E-state index contributed by atoms with van der Waals surface area (Å²) in [5.74, 6) is -1.84. The lowest BCUT2D eigenvalue weighted by molar-refractivity contribution is -0.158. The van der Waals surface area contributed by atoms with E-state index in [0.717, 1.165) is 5.56 Å². The van der Waals surface area contributed by atoms with Crippen LogP contribution in [0.1, 0.15) is 108 Å². The largest absolute Gasteiger partial charge is 0.458 e. The molecule has 3 unspecified atom stereocenters. The van der Waals surface area contributed by atoms with E-state index in [-0.39, 0.29) is 12.5 Å². The second-order valence-electron chi connectivity index (χ2n) is 16.3. The molecule has 0 saturated carbocycles. The number of nitrogens with zero attached hydrogens (tertiary/aromatic N) is 2. The summed E-state index contributed by atoms with van der Waals surface area (Å²) >= 11 is 0. The summed E-state index contributed by atoms with van der Waals surface area (Å²) in [5.41, 5.74) is -1.92. The highest BCUT2D eigenvalue weighted by atomic mass is 16.6. The van der Waals surface area contributed by atoms with Crippen molar-refractivity contribution in [2.45, 2.75) is 138 Å². The van der Waals surface area contributed by atoms with Crippen LogP contribution in [0.4, 0.5) is 4.79 Å². The van der Waals surface area contributed by atoms with Gasteiger partial charge in [0.05, 0.1) is 0 Å². The summed E-state index contributed by atoms with van der Waals surface area (Å²) in [6.45, 7) is 23.4. The third kappa shape index (κ3) is 13.5. The van der Waals surface area contributed by atoms with Gasteiger partial charge in [-0.15, -0.1) is 0 Å². The Bertz CT molecular complexity index is 1330. The second-order valence-corrected chi connectivity index (χ2v) is 16.3. The smallest absolute Gasteiger partial charge is 0.410 e. The molecule has 0 heterocycles. The zero-order valence-electron chi connectivity index (χ0n) is 32.6. The van der Waals surface area contributed by atoms with Crippen LogP contribution in [0.5, 0.6) is 0 Å². The minimum atomic E-state index is -1.04. The Morgan fingerprint density at radius 3 is 1.82 bits per heavy atom.